The molecule has 0 aliphatic carbocycles. The lowest BCUT2D eigenvalue weighted by Crippen LogP contribution is -2.27. The molecule has 0 radical (unpaired) electrons. The van der Waals surface area contributed by atoms with E-state index < -0.39 is 4.92 Å². The summed E-state index contributed by atoms with van der Waals surface area (Å²) in [5.41, 5.74) is 0.929. The minimum Gasteiger partial charge on any atom is -0.268 e. The second-order valence-corrected chi connectivity index (χ2v) is 7.48. The van der Waals surface area contributed by atoms with Crippen molar-refractivity contribution in [2.45, 2.75) is 0 Å². The summed E-state index contributed by atoms with van der Waals surface area (Å²) in [4.78, 5) is 24.8. The molecule has 1 amide bonds. The number of nitro benzene ring substituents is 1. The average molecular weight is 411 g/mol. The van der Waals surface area contributed by atoms with Crippen LogP contribution in [0.2, 0.25) is 10.0 Å². The minimum absolute atomic E-state index is 0.0509. The Morgan fingerprint density at radius 3 is 2.64 bits per heavy atom. The van der Waals surface area contributed by atoms with Crippen molar-refractivity contribution in [2.75, 3.05) is 4.90 Å². The van der Waals surface area contributed by atoms with E-state index in [-0.39, 0.29) is 11.6 Å². The number of halogens is 2. The SMILES string of the molecule is O=C1C(=Cc2cccc([N+](=O)[O-])c2)SC(=S)N1c1ccc(Cl)cc1Cl. The third-order valence-electron chi connectivity index (χ3n) is 3.32. The molecule has 25 heavy (non-hydrogen) atoms. The first-order chi connectivity index (χ1) is 11.9. The fraction of sp³-hybridized carbons (Fsp3) is 0. The second-order valence-electron chi connectivity index (χ2n) is 4.96. The topological polar surface area (TPSA) is 63.4 Å². The Hall–Kier alpha value is -1.93. The molecule has 2 aromatic carbocycles. The number of anilines is 1. The van der Waals surface area contributed by atoms with Gasteiger partial charge in [0, 0.05) is 17.2 Å². The normalized spacial score (nSPS) is 15.9. The zero-order valence-electron chi connectivity index (χ0n) is 12.3. The lowest BCUT2D eigenvalue weighted by molar-refractivity contribution is -0.384. The third kappa shape index (κ3) is 3.69. The predicted octanol–water partition coefficient (Wildman–Crippen LogP) is 5.31. The van der Waals surface area contributed by atoms with Crippen LogP contribution in [0.15, 0.2) is 47.4 Å². The van der Waals surface area contributed by atoms with Crippen LogP contribution < -0.4 is 4.90 Å². The standard InChI is InChI=1S/C16H8Cl2N2O3S2/c17-10-4-5-13(12(18)8-10)19-15(21)14(25-16(19)24)7-9-2-1-3-11(6-9)20(22)23/h1-8H. The fourth-order valence-electron chi connectivity index (χ4n) is 2.22. The first-order valence-corrected chi connectivity index (χ1v) is 8.82. The van der Waals surface area contributed by atoms with Crippen LogP contribution >= 0.6 is 47.2 Å². The molecule has 2 aromatic rings. The molecule has 0 N–H and O–H groups in total. The van der Waals surface area contributed by atoms with Gasteiger partial charge in [-0.15, -0.1) is 0 Å². The van der Waals surface area contributed by atoms with Gasteiger partial charge in [-0.25, -0.2) is 0 Å². The summed E-state index contributed by atoms with van der Waals surface area (Å²) in [6.45, 7) is 0. The summed E-state index contributed by atoms with van der Waals surface area (Å²) >= 11 is 18.4. The van der Waals surface area contributed by atoms with E-state index >= 15 is 0 Å². The van der Waals surface area contributed by atoms with Crippen LogP contribution in [0.5, 0.6) is 0 Å². The number of carbonyl (C=O) groups excluding carboxylic acids is 1. The van der Waals surface area contributed by atoms with Crippen LogP contribution in [0.25, 0.3) is 6.08 Å². The van der Waals surface area contributed by atoms with E-state index in [0.29, 0.717) is 30.5 Å². The van der Waals surface area contributed by atoms with Gasteiger partial charge < -0.3 is 0 Å². The molecule has 1 aliphatic rings. The Morgan fingerprint density at radius 1 is 1.20 bits per heavy atom. The van der Waals surface area contributed by atoms with Crippen molar-refractivity contribution in [3.05, 3.63) is 73.1 Å². The number of amides is 1. The molecule has 126 valence electrons. The minimum atomic E-state index is -0.490. The lowest BCUT2D eigenvalue weighted by Gasteiger charge is -2.16. The molecule has 5 nitrogen and oxygen atoms in total. The summed E-state index contributed by atoms with van der Waals surface area (Å²) in [7, 11) is 0. The number of hydrogen-bond donors (Lipinski definition) is 0. The number of carbonyl (C=O) groups is 1. The van der Waals surface area contributed by atoms with E-state index in [0.717, 1.165) is 11.8 Å². The van der Waals surface area contributed by atoms with Gasteiger partial charge in [-0.1, -0.05) is 59.3 Å². The van der Waals surface area contributed by atoms with E-state index in [1.54, 1.807) is 30.3 Å². The number of thioether (sulfide) groups is 1. The maximum absolute atomic E-state index is 12.7. The van der Waals surface area contributed by atoms with E-state index in [1.165, 1.54) is 23.1 Å². The maximum atomic E-state index is 12.7. The van der Waals surface area contributed by atoms with Crippen molar-refractivity contribution in [3.8, 4) is 0 Å². The average Bonchev–Trinajstić information content (AvgIpc) is 2.82. The maximum Gasteiger partial charge on any atom is 0.270 e. The molecule has 1 fully saturated rings. The molecule has 0 unspecified atom stereocenters. The van der Waals surface area contributed by atoms with E-state index in [9.17, 15) is 14.9 Å². The van der Waals surface area contributed by atoms with Gasteiger partial charge in [0.2, 0.25) is 0 Å². The quantitative estimate of drug-likeness (QED) is 0.297. The van der Waals surface area contributed by atoms with Gasteiger partial charge in [0.25, 0.3) is 11.6 Å². The summed E-state index contributed by atoms with van der Waals surface area (Å²) < 4.78 is 0.325. The molecular weight excluding hydrogens is 403 g/mol. The molecule has 0 bridgehead atoms. The zero-order valence-corrected chi connectivity index (χ0v) is 15.5. The van der Waals surface area contributed by atoms with Gasteiger partial charge >= 0.3 is 0 Å². The van der Waals surface area contributed by atoms with Crippen LogP contribution in [0, 0.1) is 10.1 Å². The monoisotopic (exact) mass is 410 g/mol. The number of nitrogens with zero attached hydrogens (tertiary/aromatic N) is 2. The molecule has 0 saturated carbocycles. The Balaban J connectivity index is 1.96. The summed E-state index contributed by atoms with van der Waals surface area (Å²) in [6, 6.07) is 10.8. The molecule has 0 aromatic heterocycles. The smallest absolute Gasteiger partial charge is 0.268 e. The summed E-state index contributed by atoms with van der Waals surface area (Å²) in [5.74, 6) is -0.342. The van der Waals surface area contributed by atoms with Crippen LogP contribution in [-0.4, -0.2) is 15.2 Å². The van der Waals surface area contributed by atoms with E-state index in [1.807, 2.05) is 0 Å². The van der Waals surface area contributed by atoms with Gasteiger partial charge in [-0.2, -0.15) is 0 Å². The highest BCUT2D eigenvalue weighted by molar-refractivity contribution is 8.27. The third-order valence-corrected chi connectivity index (χ3v) is 5.16. The van der Waals surface area contributed by atoms with Gasteiger partial charge in [0.15, 0.2) is 4.32 Å². The Bertz CT molecular complexity index is 947. The number of thiocarbonyl (C=S) groups is 1. The number of benzene rings is 2. The zero-order chi connectivity index (χ0) is 18.1. The lowest BCUT2D eigenvalue weighted by atomic mass is 10.2. The molecule has 1 aliphatic heterocycles. The van der Waals surface area contributed by atoms with Gasteiger partial charge in [0.1, 0.15) is 0 Å². The summed E-state index contributed by atoms with van der Waals surface area (Å²) in [5, 5.41) is 11.6. The second kappa shape index (κ2) is 7.13. The van der Waals surface area contributed by atoms with Gasteiger partial charge in [-0.05, 0) is 29.8 Å². The molecule has 0 atom stereocenters. The van der Waals surface area contributed by atoms with Crippen LogP contribution in [0.1, 0.15) is 5.56 Å². The largest absolute Gasteiger partial charge is 0.270 e. The van der Waals surface area contributed by atoms with Crippen LogP contribution in [0.3, 0.4) is 0 Å². The first kappa shape index (κ1) is 17.9. The Labute approximate surface area is 162 Å². The molecule has 3 rings (SSSR count). The fourth-order valence-corrected chi connectivity index (χ4v) is 4.00. The van der Waals surface area contributed by atoms with Gasteiger partial charge in [-0.3, -0.25) is 19.8 Å². The number of hydrogen-bond acceptors (Lipinski definition) is 5. The first-order valence-electron chi connectivity index (χ1n) is 6.84. The molecular formula is C16H8Cl2N2O3S2. The number of non-ortho nitro benzene ring substituents is 1. The number of rotatable bonds is 3. The van der Waals surface area contributed by atoms with Crippen molar-refractivity contribution in [1.29, 1.82) is 0 Å². The van der Waals surface area contributed by atoms with Crippen molar-refractivity contribution >= 4 is 74.9 Å². The Kier molecular flexibility index (Phi) is 5.10. The van der Waals surface area contributed by atoms with Crippen molar-refractivity contribution in [1.82, 2.24) is 0 Å². The predicted molar refractivity (Wildman–Crippen MR) is 105 cm³/mol. The van der Waals surface area contributed by atoms with Crippen LogP contribution in [0.4, 0.5) is 11.4 Å². The summed E-state index contributed by atoms with van der Waals surface area (Å²) in [6.07, 6.45) is 1.57. The molecule has 0 spiro atoms. The molecule has 1 saturated heterocycles. The molecule has 1 heterocycles. The highest BCUT2D eigenvalue weighted by Crippen LogP contribution is 2.39. The highest BCUT2D eigenvalue weighted by Gasteiger charge is 2.34. The van der Waals surface area contributed by atoms with Crippen molar-refractivity contribution in [3.63, 3.8) is 0 Å². The number of nitro groups is 1. The Morgan fingerprint density at radius 2 is 1.96 bits per heavy atom. The van der Waals surface area contributed by atoms with E-state index in [2.05, 4.69) is 0 Å². The van der Waals surface area contributed by atoms with E-state index in [4.69, 9.17) is 35.4 Å². The highest BCUT2D eigenvalue weighted by atomic mass is 35.5. The van der Waals surface area contributed by atoms with Gasteiger partial charge in [0.05, 0.1) is 20.5 Å². The van der Waals surface area contributed by atoms with Crippen LogP contribution in [-0.2, 0) is 4.79 Å². The van der Waals surface area contributed by atoms with Crippen molar-refractivity contribution in [2.24, 2.45) is 0 Å². The molecule has 9 heteroatoms. The van der Waals surface area contributed by atoms with Crippen molar-refractivity contribution < 1.29 is 9.72 Å².